The molecule has 0 amide bonds. The molecule has 7 nitrogen and oxygen atoms in total. The average Bonchev–Trinajstić information content (AvgIpc) is 2.59. The summed E-state index contributed by atoms with van der Waals surface area (Å²) in [5.41, 5.74) is 0. The molecule has 0 aliphatic heterocycles. The quantitative estimate of drug-likeness (QED) is 0.498. The number of hydrogen-bond donors (Lipinski definition) is 2. The molecule has 2 aromatic carbocycles. The Morgan fingerprint density at radius 2 is 1.08 bits per heavy atom. The predicted molar refractivity (Wildman–Crippen MR) is 87.9 cm³/mol. The monoisotopic (exact) mass is 354 g/mol. The molecule has 0 fully saturated rings. The molecule has 0 spiro atoms. The van der Waals surface area contributed by atoms with E-state index in [1.165, 1.54) is 12.1 Å². The van der Waals surface area contributed by atoms with Crippen LogP contribution >= 0.6 is 0 Å². The standard InChI is InChI=1S/C16H18O7S/c17-9-10-20-13-1-3-14(4-2-13)21-11-12-22-15-5-7-16(8-6-15)23-24(18)19/h1-8,17H,9-12H2,(H,18,19). The molecule has 0 bridgehead atoms. The molecule has 0 aliphatic carbocycles. The summed E-state index contributed by atoms with van der Waals surface area (Å²) in [5, 5.41) is 8.68. The van der Waals surface area contributed by atoms with E-state index in [2.05, 4.69) is 4.18 Å². The van der Waals surface area contributed by atoms with Crippen molar-refractivity contribution in [1.29, 1.82) is 0 Å². The summed E-state index contributed by atoms with van der Waals surface area (Å²) in [6, 6.07) is 13.4. The first-order valence-corrected chi connectivity index (χ1v) is 8.19. The SMILES string of the molecule is O=S(O)Oc1ccc(OCCOc2ccc(OCCO)cc2)cc1. The van der Waals surface area contributed by atoms with E-state index >= 15 is 0 Å². The fourth-order valence-electron chi connectivity index (χ4n) is 1.79. The minimum Gasteiger partial charge on any atom is -0.491 e. The van der Waals surface area contributed by atoms with Crippen molar-refractivity contribution in [2.75, 3.05) is 26.4 Å². The molecule has 1 unspecified atom stereocenters. The largest absolute Gasteiger partial charge is 0.491 e. The van der Waals surface area contributed by atoms with Gasteiger partial charge in [-0.3, -0.25) is 4.55 Å². The van der Waals surface area contributed by atoms with E-state index in [9.17, 15) is 4.21 Å². The van der Waals surface area contributed by atoms with Crippen LogP contribution in [0.4, 0.5) is 0 Å². The lowest BCUT2D eigenvalue weighted by Crippen LogP contribution is -2.09. The fourth-order valence-corrected chi connectivity index (χ4v) is 2.06. The summed E-state index contributed by atoms with van der Waals surface area (Å²) in [5.74, 6) is 2.23. The van der Waals surface area contributed by atoms with E-state index in [0.717, 1.165) is 0 Å². The maximum absolute atomic E-state index is 10.5. The van der Waals surface area contributed by atoms with Crippen molar-refractivity contribution < 1.29 is 32.3 Å². The van der Waals surface area contributed by atoms with Gasteiger partial charge in [-0.1, -0.05) is 0 Å². The number of aliphatic hydroxyl groups excluding tert-OH is 1. The molecule has 2 aromatic rings. The van der Waals surface area contributed by atoms with E-state index in [1.807, 2.05) is 0 Å². The van der Waals surface area contributed by atoms with Gasteiger partial charge in [-0.25, -0.2) is 0 Å². The van der Waals surface area contributed by atoms with Crippen molar-refractivity contribution in [2.24, 2.45) is 0 Å². The van der Waals surface area contributed by atoms with Gasteiger partial charge in [0.15, 0.2) is 0 Å². The second-order valence-electron chi connectivity index (χ2n) is 4.51. The average molecular weight is 354 g/mol. The normalized spacial score (nSPS) is 11.6. The van der Waals surface area contributed by atoms with Crippen molar-refractivity contribution >= 4 is 11.4 Å². The zero-order valence-corrected chi connectivity index (χ0v) is 13.6. The summed E-state index contributed by atoms with van der Waals surface area (Å²) < 4.78 is 40.0. The summed E-state index contributed by atoms with van der Waals surface area (Å²) >= 11 is -2.34. The van der Waals surface area contributed by atoms with Crippen molar-refractivity contribution in [3.63, 3.8) is 0 Å². The van der Waals surface area contributed by atoms with Gasteiger partial charge in [0, 0.05) is 0 Å². The van der Waals surface area contributed by atoms with Crippen LogP contribution in [-0.4, -0.2) is 40.3 Å². The lowest BCUT2D eigenvalue weighted by Gasteiger charge is -2.09. The van der Waals surface area contributed by atoms with Crippen molar-refractivity contribution in [1.82, 2.24) is 0 Å². The third-order valence-corrected chi connectivity index (χ3v) is 3.13. The van der Waals surface area contributed by atoms with Crippen LogP contribution in [0.25, 0.3) is 0 Å². The molecule has 130 valence electrons. The number of hydrogen-bond acceptors (Lipinski definition) is 6. The summed E-state index contributed by atoms with van der Waals surface area (Å²) in [6.45, 7) is 0.928. The molecule has 0 heterocycles. The first-order valence-electron chi connectivity index (χ1n) is 7.16. The Balaban J connectivity index is 1.69. The van der Waals surface area contributed by atoms with Crippen LogP contribution in [-0.2, 0) is 11.4 Å². The smallest absolute Gasteiger partial charge is 0.357 e. The molecule has 1 atom stereocenters. The van der Waals surface area contributed by atoms with Gasteiger partial charge in [0.05, 0.1) is 6.61 Å². The molecule has 24 heavy (non-hydrogen) atoms. The van der Waals surface area contributed by atoms with Gasteiger partial charge >= 0.3 is 11.4 Å². The molecule has 8 heteroatoms. The van der Waals surface area contributed by atoms with Gasteiger partial charge in [-0.2, -0.15) is 4.21 Å². The maximum atomic E-state index is 10.5. The second kappa shape index (κ2) is 9.76. The first kappa shape index (κ1) is 18.1. The van der Waals surface area contributed by atoms with Crippen LogP contribution in [0.5, 0.6) is 23.0 Å². The molecule has 0 radical (unpaired) electrons. The van der Waals surface area contributed by atoms with Gasteiger partial charge in [0.1, 0.15) is 42.8 Å². The number of rotatable bonds is 10. The van der Waals surface area contributed by atoms with Gasteiger partial charge in [-0.05, 0) is 48.5 Å². The summed E-state index contributed by atoms with van der Waals surface area (Å²) in [7, 11) is 0. The Morgan fingerprint density at radius 1 is 0.708 bits per heavy atom. The highest BCUT2D eigenvalue weighted by Gasteiger charge is 2.00. The number of aliphatic hydroxyl groups is 1. The van der Waals surface area contributed by atoms with E-state index in [4.69, 9.17) is 23.9 Å². The van der Waals surface area contributed by atoms with Crippen molar-refractivity contribution in [2.45, 2.75) is 0 Å². The zero-order valence-electron chi connectivity index (χ0n) is 12.8. The zero-order chi connectivity index (χ0) is 17.2. The van der Waals surface area contributed by atoms with Crippen LogP contribution in [0.3, 0.4) is 0 Å². The van der Waals surface area contributed by atoms with Gasteiger partial charge < -0.3 is 23.5 Å². The maximum Gasteiger partial charge on any atom is 0.357 e. The molecule has 0 saturated heterocycles. The van der Waals surface area contributed by atoms with Crippen molar-refractivity contribution in [3.05, 3.63) is 48.5 Å². The van der Waals surface area contributed by atoms with E-state index < -0.39 is 11.4 Å². The molecule has 2 rings (SSSR count). The van der Waals surface area contributed by atoms with Crippen molar-refractivity contribution in [3.8, 4) is 23.0 Å². The van der Waals surface area contributed by atoms with Crippen LogP contribution in [0.2, 0.25) is 0 Å². The Kier molecular flexibility index (Phi) is 7.34. The van der Waals surface area contributed by atoms with Crippen LogP contribution in [0.1, 0.15) is 0 Å². The van der Waals surface area contributed by atoms with Crippen LogP contribution in [0.15, 0.2) is 48.5 Å². The molecule has 0 saturated carbocycles. The van der Waals surface area contributed by atoms with Crippen LogP contribution in [0, 0.1) is 0 Å². The number of benzene rings is 2. The molecule has 0 aliphatic rings. The lowest BCUT2D eigenvalue weighted by molar-refractivity contribution is 0.200. The topological polar surface area (TPSA) is 94.5 Å². The lowest BCUT2D eigenvalue weighted by atomic mass is 10.3. The Hall–Kier alpha value is -2.29. The third kappa shape index (κ3) is 6.45. The highest BCUT2D eigenvalue weighted by atomic mass is 32.2. The highest BCUT2D eigenvalue weighted by Crippen LogP contribution is 2.19. The second-order valence-corrected chi connectivity index (χ2v) is 5.11. The highest BCUT2D eigenvalue weighted by molar-refractivity contribution is 7.74. The van der Waals surface area contributed by atoms with Gasteiger partial charge in [-0.15, -0.1) is 0 Å². The first-order chi connectivity index (χ1) is 11.7. The van der Waals surface area contributed by atoms with E-state index in [1.54, 1.807) is 36.4 Å². The predicted octanol–water partition coefficient (Wildman–Crippen LogP) is 2.03. The Bertz CT molecular complexity index is 628. The minimum atomic E-state index is -2.34. The third-order valence-electron chi connectivity index (χ3n) is 2.80. The Labute approximate surface area is 142 Å². The number of ether oxygens (including phenoxy) is 3. The molecule has 2 N–H and O–H groups in total. The van der Waals surface area contributed by atoms with Gasteiger partial charge in [0.25, 0.3) is 0 Å². The molecule has 0 aromatic heterocycles. The van der Waals surface area contributed by atoms with Crippen LogP contribution < -0.4 is 18.4 Å². The minimum absolute atomic E-state index is 0.0272. The summed E-state index contributed by atoms with van der Waals surface area (Å²) in [6.07, 6.45) is 0. The van der Waals surface area contributed by atoms with E-state index in [-0.39, 0.29) is 19.0 Å². The fraction of sp³-hybridized carbons (Fsp3) is 0.250. The summed E-state index contributed by atoms with van der Waals surface area (Å²) in [4.78, 5) is 0. The van der Waals surface area contributed by atoms with Gasteiger partial charge in [0.2, 0.25) is 0 Å². The Morgan fingerprint density at radius 3 is 1.46 bits per heavy atom. The molecular weight excluding hydrogens is 336 g/mol. The molecular formula is C16H18O7S. The van der Waals surface area contributed by atoms with E-state index in [0.29, 0.717) is 30.5 Å².